The molecule has 23 heavy (non-hydrogen) atoms. The molecule has 1 saturated carbocycles. The van der Waals surface area contributed by atoms with Crippen LogP contribution in [0, 0.1) is 6.92 Å². The molecular formula is C19H28O4. The minimum Gasteiger partial charge on any atom is -0.507 e. The molecule has 0 unspecified atom stereocenters. The van der Waals surface area contributed by atoms with Crippen molar-refractivity contribution in [3.05, 3.63) is 28.8 Å². The zero-order valence-electron chi connectivity index (χ0n) is 14.2. The lowest BCUT2D eigenvalue weighted by Gasteiger charge is -2.35. The molecule has 1 aromatic carbocycles. The van der Waals surface area contributed by atoms with Gasteiger partial charge in [-0.15, -0.1) is 0 Å². The third-order valence-corrected chi connectivity index (χ3v) is 4.94. The molecule has 1 aliphatic carbocycles. The number of benzene rings is 1. The van der Waals surface area contributed by atoms with E-state index < -0.39 is 0 Å². The van der Waals surface area contributed by atoms with Crippen molar-refractivity contribution in [1.29, 1.82) is 0 Å². The number of aliphatic hydroxyl groups excluding tert-OH is 1. The summed E-state index contributed by atoms with van der Waals surface area (Å²) in [4.78, 5) is 11.6. The molecule has 0 aromatic heterocycles. The Kier molecular flexibility index (Phi) is 6.05. The first-order valence-corrected chi connectivity index (χ1v) is 8.56. The number of rotatable bonds is 6. The van der Waals surface area contributed by atoms with Crippen LogP contribution in [0.15, 0.2) is 12.1 Å². The lowest BCUT2D eigenvalue weighted by molar-refractivity contribution is -0.144. The van der Waals surface area contributed by atoms with E-state index in [1.165, 1.54) is 19.3 Å². The molecule has 128 valence electrons. The average Bonchev–Trinajstić information content (AvgIpc) is 2.54. The topological polar surface area (TPSA) is 66.8 Å². The smallest absolute Gasteiger partial charge is 0.306 e. The summed E-state index contributed by atoms with van der Waals surface area (Å²) in [6.07, 6.45) is 6.75. The molecule has 0 radical (unpaired) electrons. The number of esters is 1. The Bertz CT molecular complexity index is 545. The lowest BCUT2D eigenvalue weighted by atomic mass is 9.70. The van der Waals surface area contributed by atoms with Gasteiger partial charge in [-0.1, -0.05) is 38.3 Å². The number of ether oxygens (including phenoxy) is 1. The van der Waals surface area contributed by atoms with E-state index in [-0.39, 0.29) is 24.6 Å². The monoisotopic (exact) mass is 320 g/mol. The highest BCUT2D eigenvalue weighted by Gasteiger charge is 2.31. The van der Waals surface area contributed by atoms with E-state index in [0.29, 0.717) is 18.6 Å². The van der Waals surface area contributed by atoms with E-state index in [1.807, 2.05) is 13.0 Å². The maximum Gasteiger partial charge on any atom is 0.306 e. The van der Waals surface area contributed by atoms with Gasteiger partial charge in [0.2, 0.25) is 0 Å². The molecule has 0 atom stereocenters. The van der Waals surface area contributed by atoms with E-state index in [1.54, 1.807) is 0 Å². The van der Waals surface area contributed by atoms with Gasteiger partial charge in [-0.25, -0.2) is 0 Å². The molecule has 0 saturated heterocycles. The van der Waals surface area contributed by atoms with E-state index in [2.05, 4.69) is 13.0 Å². The molecule has 4 heteroatoms. The fraction of sp³-hybridized carbons (Fsp3) is 0.632. The largest absolute Gasteiger partial charge is 0.507 e. The Labute approximate surface area is 138 Å². The summed E-state index contributed by atoms with van der Waals surface area (Å²) < 4.78 is 4.89. The minimum atomic E-state index is -0.296. The zero-order valence-corrected chi connectivity index (χ0v) is 14.2. The lowest BCUT2D eigenvalue weighted by Crippen LogP contribution is -2.25. The first-order valence-electron chi connectivity index (χ1n) is 8.56. The van der Waals surface area contributed by atoms with Crippen LogP contribution in [-0.2, 0) is 21.4 Å². The summed E-state index contributed by atoms with van der Waals surface area (Å²) in [6, 6.07) is 4.01. The summed E-state index contributed by atoms with van der Waals surface area (Å²) in [5.41, 5.74) is 2.98. The van der Waals surface area contributed by atoms with Crippen LogP contribution in [0.3, 0.4) is 0 Å². The van der Waals surface area contributed by atoms with Crippen molar-refractivity contribution in [2.45, 2.75) is 64.2 Å². The second-order valence-corrected chi connectivity index (χ2v) is 6.87. The SMILES string of the molecule is Cc1cc(CCC(=O)OCCO)cc(C2(C)CCCCC2)c1O. The molecule has 0 spiro atoms. The Morgan fingerprint density at radius 3 is 2.61 bits per heavy atom. The van der Waals surface area contributed by atoms with Gasteiger partial charge in [-0.3, -0.25) is 4.79 Å². The van der Waals surface area contributed by atoms with Crippen LogP contribution < -0.4 is 0 Å². The van der Waals surface area contributed by atoms with Gasteiger partial charge in [-0.05, 0) is 42.7 Å². The van der Waals surface area contributed by atoms with Crippen LogP contribution in [0.5, 0.6) is 5.75 Å². The maximum atomic E-state index is 11.6. The number of carbonyl (C=O) groups is 1. The first-order chi connectivity index (χ1) is 11.0. The Balaban J connectivity index is 2.14. The summed E-state index contributed by atoms with van der Waals surface area (Å²) in [7, 11) is 0. The van der Waals surface area contributed by atoms with Crippen molar-refractivity contribution >= 4 is 5.97 Å². The number of phenolic OH excluding ortho intramolecular Hbond substituents is 1. The van der Waals surface area contributed by atoms with E-state index >= 15 is 0 Å². The highest BCUT2D eigenvalue weighted by Crippen LogP contribution is 2.44. The van der Waals surface area contributed by atoms with Gasteiger partial charge in [0.25, 0.3) is 0 Å². The molecule has 1 aromatic rings. The Morgan fingerprint density at radius 2 is 1.96 bits per heavy atom. The van der Waals surface area contributed by atoms with Crippen LogP contribution in [0.1, 0.15) is 62.1 Å². The molecule has 1 fully saturated rings. The Morgan fingerprint density at radius 1 is 1.26 bits per heavy atom. The molecule has 2 N–H and O–H groups in total. The fourth-order valence-corrected chi connectivity index (χ4v) is 3.54. The molecular weight excluding hydrogens is 292 g/mol. The van der Waals surface area contributed by atoms with Crippen LogP contribution in [-0.4, -0.2) is 29.4 Å². The number of carbonyl (C=O) groups excluding carboxylic acids is 1. The first kappa shape index (κ1) is 17.8. The molecule has 4 nitrogen and oxygen atoms in total. The molecule has 0 amide bonds. The second kappa shape index (κ2) is 7.82. The normalized spacial score (nSPS) is 17.0. The maximum absolute atomic E-state index is 11.6. The van der Waals surface area contributed by atoms with E-state index in [0.717, 1.165) is 29.5 Å². The summed E-state index contributed by atoms with van der Waals surface area (Å²) in [5.74, 6) is 0.108. The number of phenols is 1. The molecule has 1 aliphatic rings. The highest BCUT2D eigenvalue weighted by molar-refractivity contribution is 5.69. The van der Waals surface area contributed by atoms with Gasteiger partial charge in [-0.2, -0.15) is 0 Å². The number of hydrogen-bond donors (Lipinski definition) is 2. The number of aryl methyl sites for hydroxylation is 2. The standard InChI is InChI=1S/C19H28O4/c1-14-12-15(6-7-17(21)23-11-10-20)13-16(18(14)22)19(2)8-4-3-5-9-19/h12-13,20,22H,3-11H2,1-2H3. The third-order valence-electron chi connectivity index (χ3n) is 4.94. The second-order valence-electron chi connectivity index (χ2n) is 6.87. The van der Waals surface area contributed by atoms with Crippen molar-refractivity contribution in [3.63, 3.8) is 0 Å². The Hall–Kier alpha value is -1.55. The molecule has 0 heterocycles. The highest BCUT2D eigenvalue weighted by atomic mass is 16.5. The van der Waals surface area contributed by atoms with E-state index in [9.17, 15) is 9.90 Å². The predicted molar refractivity (Wildman–Crippen MR) is 89.6 cm³/mol. The van der Waals surface area contributed by atoms with E-state index in [4.69, 9.17) is 9.84 Å². The van der Waals surface area contributed by atoms with Gasteiger partial charge < -0.3 is 14.9 Å². The average molecular weight is 320 g/mol. The minimum absolute atomic E-state index is 0.0283. The quantitative estimate of drug-likeness (QED) is 0.789. The van der Waals surface area contributed by atoms with Gasteiger partial charge in [0.1, 0.15) is 12.4 Å². The van der Waals surface area contributed by atoms with Crippen LogP contribution >= 0.6 is 0 Å². The van der Waals surface area contributed by atoms with Gasteiger partial charge in [0.05, 0.1) is 6.61 Å². The summed E-state index contributed by atoms with van der Waals surface area (Å²) >= 11 is 0. The molecule has 0 bridgehead atoms. The third kappa shape index (κ3) is 4.47. The van der Waals surface area contributed by atoms with Crippen molar-refractivity contribution in [2.75, 3.05) is 13.2 Å². The van der Waals surface area contributed by atoms with Crippen LogP contribution in [0.2, 0.25) is 0 Å². The van der Waals surface area contributed by atoms with Crippen LogP contribution in [0.4, 0.5) is 0 Å². The van der Waals surface area contributed by atoms with Crippen molar-refractivity contribution < 1.29 is 19.7 Å². The molecule has 0 aliphatic heterocycles. The summed E-state index contributed by atoms with van der Waals surface area (Å²) in [5, 5.41) is 19.2. The van der Waals surface area contributed by atoms with Crippen LogP contribution in [0.25, 0.3) is 0 Å². The number of hydrogen-bond acceptors (Lipinski definition) is 4. The molecule has 2 rings (SSSR count). The van der Waals surface area contributed by atoms with Gasteiger partial charge in [0.15, 0.2) is 0 Å². The predicted octanol–water partition coefficient (Wildman–Crippen LogP) is 3.39. The number of aromatic hydroxyl groups is 1. The van der Waals surface area contributed by atoms with Gasteiger partial charge in [0, 0.05) is 12.0 Å². The van der Waals surface area contributed by atoms with Crippen molar-refractivity contribution in [2.24, 2.45) is 0 Å². The summed E-state index contributed by atoms with van der Waals surface area (Å²) in [6.45, 7) is 4.06. The number of aliphatic hydroxyl groups is 1. The van der Waals surface area contributed by atoms with Crippen molar-refractivity contribution in [1.82, 2.24) is 0 Å². The fourth-order valence-electron chi connectivity index (χ4n) is 3.54. The van der Waals surface area contributed by atoms with Gasteiger partial charge >= 0.3 is 5.97 Å². The van der Waals surface area contributed by atoms with Crippen molar-refractivity contribution in [3.8, 4) is 5.75 Å². The zero-order chi connectivity index (χ0) is 16.9.